The lowest BCUT2D eigenvalue weighted by atomic mass is 10.1. The number of carbonyl (C=O) groups excluding carboxylic acids is 1. The van der Waals surface area contributed by atoms with Crippen molar-refractivity contribution in [3.63, 3.8) is 0 Å². The lowest BCUT2D eigenvalue weighted by molar-refractivity contribution is -0.137. The maximum Gasteiger partial charge on any atom is 0.303 e. The molecule has 0 saturated carbocycles. The van der Waals surface area contributed by atoms with Gasteiger partial charge in [-0.25, -0.2) is 4.98 Å². The van der Waals surface area contributed by atoms with E-state index in [1.54, 1.807) is 10.9 Å². The van der Waals surface area contributed by atoms with Gasteiger partial charge in [-0.3, -0.25) is 14.3 Å². The first-order valence-corrected chi connectivity index (χ1v) is 9.25. The summed E-state index contributed by atoms with van der Waals surface area (Å²) in [6.45, 7) is 2.46. The predicted molar refractivity (Wildman–Crippen MR) is 96.7 cm³/mol. The Balaban J connectivity index is 1.72. The van der Waals surface area contributed by atoms with Crippen LogP contribution < -0.4 is 5.32 Å². The molecule has 8 heteroatoms. The maximum atomic E-state index is 12.3. The van der Waals surface area contributed by atoms with Crippen molar-refractivity contribution in [1.82, 2.24) is 20.1 Å². The third kappa shape index (κ3) is 5.97. The highest BCUT2D eigenvalue weighted by atomic mass is 32.1. The van der Waals surface area contributed by atoms with Gasteiger partial charge in [0.15, 0.2) is 0 Å². The molecule has 0 aliphatic heterocycles. The molecule has 2 N–H and O–H groups in total. The van der Waals surface area contributed by atoms with E-state index in [1.165, 1.54) is 11.3 Å². The average Bonchev–Trinajstić information content (AvgIpc) is 3.15. The molecule has 2 heterocycles. The van der Waals surface area contributed by atoms with Crippen LogP contribution in [0.25, 0.3) is 10.6 Å². The number of aryl methyl sites for hydroxylation is 2. The highest BCUT2D eigenvalue weighted by molar-refractivity contribution is 7.17. The first-order chi connectivity index (χ1) is 12.0. The summed E-state index contributed by atoms with van der Waals surface area (Å²) in [6.07, 6.45) is 8.37. The largest absolute Gasteiger partial charge is 0.481 e. The van der Waals surface area contributed by atoms with Crippen molar-refractivity contribution >= 4 is 23.2 Å². The number of hydrogen-bond acceptors (Lipinski definition) is 5. The standard InChI is InChI=1S/C17H24N4O3S/c1-12-15(25-17(20-12)13-10-19-21(2)11-13)16(24)18-9-7-5-3-4-6-8-14(22)23/h10-11H,3-9H2,1-2H3,(H,18,24)(H,22,23). The van der Waals surface area contributed by atoms with Gasteiger partial charge in [0.1, 0.15) is 9.88 Å². The van der Waals surface area contributed by atoms with Crippen molar-refractivity contribution in [2.24, 2.45) is 7.05 Å². The Morgan fingerprint density at radius 1 is 1.24 bits per heavy atom. The molecule has 2 rings (SSSR count). The van der Waals surface area contributed by atoms with E-state index in [9.17, 15) is 9.59 Å². The molecule has 0 bridgehead atoms. The number of unbranched alkanes of at least 4 members (excludes halogenated alkanes) is 4. The van der Waals surface area contributed by atoms with Crippen LogP contribution in [0.15, 0.2) is 12.4 Å². The van der Waals surface area contributed by atoms with Crippen molar-refractivity contribution in [3.8, 4) is 10.6 Å². The summed E-state index contributed by atoms with van der Waals surface area (Å²) in [5, 5.41) is 16.4. The Labute approximate surface area is 151 Å². The summed E-state index contributed by atoms with van der Waals surface area (Å²) in [5.41, 5.74) is 1.64. The van der Waals surface area contributed by atoms with Gasteiger partial charge in [0, 0.05) is 31.8 Å². The first kappa shape index (κ1) is 19.1. The minimum absolute atomic E-state index is 0.0870. The fourth-order valence-corrected chi connectivity index (χ4v) is 3.43. The van der Waals surface area contributed by atoms with Crippen LogP contribution in [-0.4, -0.2) is 38.3 Å². The molecule has 0 aliphatic rings. The SMILES string of the molecule is Cc1nc(-c2cnn(C)c2)sc1C(=O)NCCCCCCCC(=O)O. The average molecular weight is 364 g/mol. The number of carbonyl (C=O) groups is 2. The van der Waals surface area contributed by atoms with Crippen LogP contribution in [0.1, 0.15) is 53.9 Å². The summed E-state index contributed by atoms with van der Waals surface area (Å²) in [5.74, 6) is -0.825. The van der Waals surface area contributed by atoms with Gasteiger partial charge in [-0.1, -0.05) is 19.3 Å². The molecule has 0 unspecified atom stereocenters. The Bertz CT molecular complexity index is 723. The first-order valence-electron chi connectivity index (χ1n) is 8.44. The highest BCUT2D eigenvalue weighted by Crippen LogP contribution is 2.27. The molecule has 136 valence electrons. The molecule has 2 aromatic heterocycles. The van der Waals surface area contributed by atoms with Gasteiger partial charge in [-0.15, -0.1) is 11.3 Å². The van der Waals surface area contributed by atoms with Crippen molar-refractivity contribution in [1.29, 1.82) is 0 Å². The second-order valence-electron chi connectivity index (χ2n) is 6.00. The zero-order chi connectivity index (χ0) is 18.2. The highest BCUT2D eigenvalue weighted by Gasteiger charge is 2.16. The molecule has 1 amide bonds. The Hall–Kier alpha value is -2.22. The number of thiazole rings is 1. The van der Waals surface area contributed by atoms with E-state index in [1.807, 2.05) is 20.2 Å². The van der Waals surface area contributed by atoms with Gasteiger partial charge in [-0.2, -0.15) is 5.10 Å². The second kappa shape index (κ2) is 9.31. The van der Waals surface area contributed by atoms with Crippen molar-refractivity contribution < 1.29 is 14.7 Å². The van der Waals surface area contributed by atoms with E-state index in [2.05, 4.69) is 15.4 Å². The number of rotatable bonds is 10. The van der Waals surface area contributed by atoms with Crippen molar-refractivity contribution in [3.05, 3.63) is 23.0 Å². The lowest BCUT2D eigenvalue weighted by Gasteiger charge is -2.04. The Morgan fingerprint density at radius 2 is 1.96 bits per heavy atom. The molecule has 0 aliphatic carbocycles. The quantitative estimate of drug-likeness (QED) is 0.632. The van der Waals surface area contributed by atoms with E-state index < -0.39 is 5.97 Å². The Morgan fingerprint density at radius 3 is 2.64 bits per heavy atom. The summed E-state index contributed by atoms with van der Waals surface area (Å²) in [7, 11) is 1.85. The van der Waals surface area contributed by atoms with Gasteiger partial charge in [0.2, 0.25) is 0 Å². The predicted octanol–water partition coefficient (Wildman–Crippen LogP) is 3.01. The Kier molecular flexibility index (Phi) is 7.12. The van der Waals surface area contributed by atoms with E-state index >= 15 is 0 Å². The van der Waals surface area contributed by atoms with E-state index in [-0.39, 0.29) is 12.3 Å². The summed E-state index contributed by atoms with van der Waals surface area (Å²) >= 11 is 1.38. The molecule has 7 nitrogen and oxygen atoms in total. The van der Waals surface area contributed by atoms with Crippen molar-refractivity contribution in [2.75, 3.05) is 6.54 Å². The number of hydrogen-bond donors (Lipinski definition) is 2. The van der Waals surface area contributed by atoms with Crippen LogP contribution in [-0.2, 0) is 11.8 Å². The number of aromatic nitrogens is 3. The smallest absolute Gasteiger partial charge is 0.303 e. The lowest BCUT2D eigenvalue weighted by Crippen LogP contribution is -2.24. The van der Waals surface area contributed by atoms with Gasteiger partial charge in [0.05, 0.1) is 11.9 Å². The molecular weight excluding hydrogens is 340 g/mol. The number of aliphatic carboxylic acids is 1. The molecule has 0 spiro atoms. The maximum absolute atomic E-state index is 12.3. The normalized spacial score (nSPS) is 10.8. The third-order valence-electron chi connectivity index (χ3n) is 3.81. The van der Waals surface area contributed by atoms with Crippen LogP contribution in [0.4, 0.5) is 0 Å². The topological polar surface area (TPSA) is 97.1 Å². The zero-order valence-electron chi connectivity index (χ0n) is 14.6. The molecule has 0 fully saturated rings. The van der Waals surface area contributed by atoms with Gasteiger partial charge in [0.25, 0.3) is 5.91 Å². The van der Waals surface area contributed by atoms with Crippen LogP contribution in [0.3, 0.4) is 0 Å². The molecular formula is C17H24N4O3S. The summed E-state index contributed by atoms with van der Waals surface area (Å²) in [6, 6.07) is 0. The van der Waals surface area contributed by atoms with Crippen LogP contribution >= 0.6 is 11.3 Å². The summed E-state index contributed by atoms with van der Waals surface area (Å²) in [4.78, 5) is 27.8. The monoisotopic (exact) mass is 364 g/mol. The van der Waals surface area contributed by atoms with Gasteiger partial charge in [-0.05, 0) is 19.8 Å². The number of nitrogens with one attached hydrogen (secondary N) is 1. The summed E-state index contributed by atoms with van der Waals surface area (Å²) < 4.78 is 1.71. The molecule has 0 radical (unpaired) electrons. The number of carboxylic acid groups (broad SMARTS) is 1. The molecule has 0 atom stereocenters. The van der Waals surface area contributed by atoms with Crippen LogP contribution in [0, 0.1) is 6.92 Å². The van der Waals surface area contributed by atoms with Gasteiger partial charge < -0.3 is 10.4 Å². The number of nitrogens with zero attached hydrogens (tertiary/aromatic N) is 3. The minimum atomic E-state index is -0.738. The van der Waals surface area contributed by atoms with Crippen LogP contribution in [0.5, 0.6) is 0 Å². The molecule has 0 aromatic carbocycles. The fourth-order valence-electron chi connectivity index (χ4n) is 2.48. The molecule has 2 aromatic rings. The zero-order valence-corrected chi connectivity index (χ0v) is 15.4. The van der Waals surface area contributed by atoms with Crippen molar-refractivity contribution in [2.45, 2.75) is 45.4 Å². The van der Waals surface area contributed by atoms with E-state index in [4.69, 9.17) is 5.11 Å². The number of amides is 1. The molecule has 0 saturated heterocycles. The van der Waals surface area contributed by atoms with E-state index in [0.717, 1.165) is 48.4 Å². The van der Waals surface area contributed by atoms with Crippen LogP contribution in [0.2, 0.25) is 0 Å². The minimum Gasteiger partial charge on any atom is -0.481 e. The van der Waals surface area contributed by atoms with Gasteiger partial charge >= 0.3 is 5.97 Å². The fraction of sp³-hybridized carbons (Fsp3) is 0.529. The third-order valence-corrected chi connectivity index (χ3v) is 5.01. The second-order valence-corrected chi connectivity index (χ2v) is 7.00. The number of carboxylic acids is 1. The van der Waals surface area contributed by atoms with E-state index in [0.29, 0.717) is 11.4 Å². The molecule has 25 heavy (non-hydrogen) atoms.